The van der Waals surface area contributed by atoms with E-state index in [0.29, 0.717) is 0 Å². The second-order valence-corrected chi connectivity index (χ2v) is 7.29. The number of rotatable bonds is 4. The molecule has 4 aromatic heterocycles. The van der Waals surface area contributed by atoms with Gasteiger partial charge in [-0.05, 0) is 19.1 Å². The van der Waals surface area contributed by atoms with E-state index in [1.807, 2.05) is 55.8 Å². The Morgan fingerprint density at radius 3 is 2.79 bits per heavy atom. The van der Waals surface area contributed by atoms with Crippen LogP contribution in [0.1, 0.15) is 5.69 Å². The maximum atomic E-state index is 4.71. The molecule has 6 nitrogen and oxygen atoms in total. The summed E-state index contributed by atoms with van der Waals surface area (Å²) in [6.07, 6.45) is 3.85. The molecule has 8 heteroatoms. The molecule has 0 aromatic carbocycles. The molecule has 0 aliphatic rings. The molecule has 0 aliphatic heterocycles. The summed E-state index contributed by atoms with van der Waals surface area (Å²) in [5, 5.41) is 8.24. The van der Waals surface area contributed by atoms with Gasteiger partial charge >= 0.3 is 0 Å². The van der Waals surface area contributed by atoms with Crippen molar-refractivity contribution in [3.05, 3.63) is 41.0 Å². The number of pyridine rings is 1. The maximum Gasteiger partial charge on any atom is 0.194 e. The fraction of sp³-hybridized carbons (Fsp3) is 0.188. The Morgan fingerprint density at radius 1 is 1.17 bits per heavy atom. The van der Waals surface area contributed by atoms with Crippen LogP contribution in [0.5, 0.6) is 0 Å². The largest absolute Gasteiger partial charge is 0.363 e. The maximum absolute atomic E-state index is 4.71. The van der Waals surface area contributed by atoms with E-state index in [1.54, 1.807) is 22.7 Å². The van der Waals surface area contributed by atoms with E-state index < -0.39 is 0 Å². The summed E-state index contributed by atoms with van der Waals surface area (Å²) in [5.74, 6) is 0.926. The Bertz CT molecular complexity index is 980. The van der Waals surface area contributed by atoms with Gasteiger partial charge in [-0.25, -0.2) is 15.0 Å². The molecule has 0 spiro atoms. The Balaban J connectivity index is 1.61. The van der Waals surface area contributed by atoms with Crippen LogP contribution in [0.2, 0.25) is 0 Å². The van der Waals surface area contributed by atoms with Gasteiger partial charge in [0.2, 0.25) is 0 Å². The molecule has 4 rings (SSSR count). The summed E-state index contributed by atoms with van der Waals surface area (Å²) in [5.41, 5.74) is 3.91. The van der Waals surface area contributed by atoms with E-state index in [2.05, 4.69) is 25.1 Å². The molecule has 122 valence electrons. The van der Waals surface area contributed by atoms with E-state index in [0.717, 1.165) is 38.7 Å². The van der Waals surface area contributed by atoms with Crippen LogP contribution in [0.4, 0.5) is 16.6 Å². The third kappa shape index (κ3) is 2.63. The van der Waals surface area contributed by atoms with Crippen molar-refractivity contribution >= 4 is 44.3 Å². The Morgan fingerprint density at radius 2 is 2.04 bits per heavy atom. The molecule has 4 aromatic rings. The molecule has 0 radical (unpaired) electrons. The van der Waals surface area contributed by atoms with Crippen LogP contribution in [0.3, 0.4) is 0 Å². The van der Waals surface area contributed by atoms with Crippen LogP contribution in [-0.2, 0) is 0 Å². The van der Waals surface area contributed by atoms with Crippen molar-refractivity contribution in [2.75, 3.05) is 24.3 Å². The lowest BCUT2D eigenvalue weighted by Crippen LogP contribution is -2.10. The molecule has 0 fully saturated rings. The number of aryl methyl sites for hydroxylation is 1. The molecule has 1 N–H and O–H groups in total. The summed E-state index contributed by atoms with van der Waals surface area (Å²) in [4.78, 5) is 16.7. The van der Waals surface area contributed by atoms with Gasteiger partial charge in [0.15, 0.2) is 10.1 Å². The number of anilines is 3. The fourth-order valence-corrected chi connectivity index (χ4v) is 3.97. The van der Waals surface area contributed by atoms with Crippen molar-refractivity contribution in [1.82, 2.24) is 19.4 Å². The molecule has 0 atom stereocenters. The first-order valence-corrected chi connectivity index (χ1v) is 9.16. The average Bonchev–Trinajstić information content (AvgIpc) is 3.24. The van der Waals surface area contributed by atoms with Crippen LogP contribution in [-0.4, -0.2) is 33.4 Å². The van der Waals surface area contributed by atoms with Crippen LogP contribution in [0.25, 0.3) is 16.3 Å². The first kappa shape index (κ1) is 15.1. The first-order valence-electron chi connectivity index (χ1n) is 7.40. The van der Waals surface area contributed by atoms with Gasteiger partial charge in [-0.2, -0.15) is 0 Å². The Labute approximate surface area is 147 Å². The first-order chi connectivity index (χ1) is 11.6. The van der Waals surface area contributed by atoms with Crippen molar-refractivity contribution in [2.24, 2.45) is 0 Å². The van der Waals surface area contributed by atoms with E-state index in [9.17, 15) is 0 Å². The lowest BCUT2D eigenvalue weighted by Gasteiger charge is -2.11. The zero-order chi connectivity index (χ0) is 16.7. The third-order valence-electron chi connectivity index (χ3n) is 3.64. The van der Waals surface area contributed by atoms with Gasteiger partial charge in [-0.1, -0.05) is 0 Å². The standard InChI is InChI=1S/C16H16N6S2/c1-10-14(22-6-7-23-16(22)18-10)12-9-24-15(20-12)19-11-4-5-13(17-8-11)21(2)3/h4-9H,1-3H3,(H,19,20). The Hall–Kier alpha value is -2.45. The van der Waals surface area contributed by atoms with Gasteiger partial charge in [0.05, 0.1) is 23.3 Å². The predicted octanol–water partition coefficient (Wildman–Crippen LogP) is 4.03. The second-order valence-electron chi connectivity index (χ2n) is 5.56. The van der Waals surface area contributed by atoms with Gasteiger partial charge < -0.3 is 10.2 Å². The molecule has 24 heavy (non-hydrogen) atoms. The topological polar surface area (TPSA) is 58.4 Å². The third-order valence-corrected chi connectivity index (χ3v) is 5.15. The van der Waals surface area contributed by atoms with Crippen LogP contribution in [0, 0.1) is 6.92 Å². The monoisotopic (exact) mass is 356 g/mol. The minimum Gasteiger partial charge on any atom is -0.363 e. The SMILES string of the molecule is Cc1nc2sccn2c1-c1csc(Nc2ccc(N(C)C)nc2)n1. The van der Waals surface area contributed by atoms with Crippen molar-refractivity contribution in [1.29, 1.82) is 0 Å². The highest BCUT2D eigenvalue weighted by Gasteiger charge is 2.15. The van der Waals surface area contributed by atoms with Crippen molar-refractivity contribution in [2.45, 2.75) is 6.92 Å². The average molecular weight is 356 g/mol. The normalized spacial score (nSPS) is 11.1. The summed E-state index contributed by atoms with van der Waals surface area (Å²) in [6.45, 7) is 2.02. The number of hydrogen-bond donors (Lipinski definition) is 1. The van der Waals surface area contributed by atoms with Crippen LogP contribution >= 0.6 is 22.7 Å². The lowest BCUT2D eigenvalue weighted by atomic mass is 10.3. The van der Waals surface area contributed by atoms with E-state index in [1.165, 1.54) is 0 Å². The minimum absolute atomic E-state index is 0.842. The van der Waals surface area contributed by atoms with E-state index >= 15 is 0 Å². The molecule has 0 unspecified atom stereocenters. The van der Waals surface area contributed by atoms with Crippen LogP contribution in [0.15, 0.2) is 35.3 Å². The summed E-state index contributed by atoms with van der Waals surface area (Å²) < 4.78 is 2.09. The summed E-state index contributed by atoms with van der Waals surface area (Å²) >= 11 is 3.20. The number of nitrogens with zero attached hydrogens (tertiary/aromatic N) is 5. The van der Waals surface area contributed by atoms with Gasteiger partial charge in [0, 0.05) is 31.1 Å². The fourth-order valence-electron chi connectivity index (χ4n) is 2.49. The lowest BCUT2D eigenvalue weighted by molar-refractivity contribution is 1.07. The highest BCUT2D eigenvalue weighted by molar-refractivity contribution is 7.15. The molecule has 0 aliphatic carbocycles. The molecule has 0 amide bonds. The highest BCUT2D eigenvalue weighted by atomic mass is 32.1. The zero-order valence-corrected chi connectivity index (χ0v) is 15.1. The van der Waals surface area contributed by atoms with Crippen molar-refractivity contribution in [3.63, 3.8) is 0 Å². The molecular formula is C16H16N6S2. The predicted molar refractivity (Wildman–Crippen MR) is 101 cm³/mol. The van der Waals surface area contributed by atoms with E-state index in [4.69, 9.17) is 4.98 Å². The molecule has 4 heterocycles. The van der Waals surface area contributed by atoms with Crippen molar-refractivity contribution < 1.29 is 0 Å². The molecule has 0 saturated carbocycles. The highest BCUT2D eigenvalue weighted by Crippen LogP contribution is 2.31. The van der Waals surface area contributed by atoms with Gasteiger partial charge in [-0.3, -0.25) is 4.40 Å². The Kier molecular flexibility index (Phi) is 3.70. The smallest absolute Gasteiger partial charge is 0.194 e. The van der Waals surface area contributed by atoms with Crippen LogP contribution < -0.4 is 10.2 Å². The van der Waals surface area contributed by atoms with Gasteiger partial charge in [0.1, 0.15) is 11.5 Å². The van der Waals surface area contributed by atoms with Gasteiger partial charge in [-0.15, -0.1) is 22.7 Å². The molecule has 0 bridgehead atoms. The second kappa shape index (κ2) is 5.88. The number of fused-ring (bicyclic) bond motifs is 1. The minimum atomic E-state index is 0.842. The number of hydrogen-bond acceptors (Lipinski definition) is 7. The quantitative estimate of drug-likeness (QED) is 0.598. The van der Waals surface area contributed by atoms with E-state index in [-0.39, 0.29) is 0 Å². The molecule has 0 saturated heterocycles. The summed E-state index contributed by atoms with van der Waals surface area (Å²) in [6, 6.07) is 3.98. The number of thiazole rings is 2. The number of nitrogens with one attached hydrogen (secondary N) is 1. The number of imidazole rings is 1. The molecular weight excluding hydrogens is 340 g/mol. The van der Waals surface area contributed by atoms with Crippen molar-refractivity contribution in [3.8, 4) is 11.4 Å². The van der Waals surface area contributed by atoms with Gasteiger partial charge in [0.25, 0.3) is 0 Å². The summed E-state index contributed by atoms with van der Waals surface area (Å²) in [7, 11) is 3.95. The number of aromatic nitrogens is 4. The zero-order valence-electron chi connectivity index (χ0n) is 13.5.